The molecule has 24 heavy (non-hydrogen) atoms. The summed E-state index contributed by atoms with van der Waals surface area (Å²) in [5.41, 5.74) is -1.06. The van der Waals surface area contributed by atoms with Crippen LogP contribution < -0.4 is 4.72 Å². The highest BCUT2D eigenvalue weighted by Crippen LogP contribution is 2.34. The summed E-state index contributed by atoms with van der Waals surface area (Å²) < 4.78 is 57.3. The van der Waals surface area contributed by atoms with Gasteiger partial charge in [-0.05, 0) is 33.8 Å². The molecule has 0 aromatic heterocycles. The molecule has 1 aromatic rings. The van der Waals surface area contributed by atoms with E-state index in [1.54, 1.807) is 20.8 Å². The molecule has 2 atom stereocenters. The quantitative estimate of drug-likeness (QED) is 0.817. The third-order valence-corrected chi connectivity index (χ3v) is 5.03. The average molecular weight is 364 g/mol. The summed E-state index contributed by atoms with van der Waals surface area (Å²) in [5.74, 6) is -6.66. The van der Waals surface area contributed by atoms with Crippen molar-refractivity contribution < 1.29 is 22.5 Å². The van der Waals surface area contributed by atoms with Crippen molar-refractivity contribution >= 4 is 17.3 Å². The van der Waals surface area contributed by atoms with Gasteiger partial charge in [-0.15, -0.1) is 4.72 Å². The van der Waals surface area contributed by atoms with Gasteiger partial charge < -0.3 is 9.45 Å². The molecule has 136 valence electrons. The number of halogens is 3. The number of hydrogen-bond acceptors (Lipinski definition) is 3. The van der Waals surface area contributed by atoms with E-state index in [9.17, 15) is 22.5 Å². The molecular formula is C16H23F3N2O2S. The predicted molar refractivity (Wildman–Crippen MR) is 88.4 cm³/mol. The van der Waals surface area contributed by atoms with E-state index in [0.717, 1.165) is 6.07 Å². The summed E-state index contributed by atoms with van der Waals surface area (Å²) in [6.45, 7) is 6.73. The number of likely N-dealkylation sites (N-methyl/N-ethyl adjacent to an activating group) is 1. The molecule has 1 N–H and O–H groups in total. The monoisotopic (exact) mass is 364 g/mol. The van der Waals surface area contributed by atoms with Crippen LogP contribution in [0, 0.1) is 5.82 Å². The van der Waals surface area contributed by atoms with Gasteiger partial charge in [0.15, 0.2) is 0 Å². The molecule has 0 heterocycles. The SMILES string of the molecule is CC(N[S@+]([O-])C(C)(C)C)c1cccc(C(F)(F)C(=O)N(C)C)c1F. The lowest BCUT2D eigenvalue weighted by Crippen LogP contribution is -2.41. The highest BCUT2D eigenvalue weighted by molar-refractivity contribution is 7.90. The highest BCUT2D eigenvalue weighted by Gasteiger charge is 2.45. The van der Waals surface area contributed by atoms with E-state index in [4.69, 9.17) is 0 Å². The van der Waals surface area contributed by atoms with E-state index in [0.29, 0.717) is 4.90 Å². The highest BCUT2D eigenvalue weighted by atomic mass is 32.2. The smallest absolute Gasteiger partial charge is 0.352 e. The van der Waals surface area contributed by atoms with Crippen LogP contribution in [0.5, 0.6) is 0 Å². The maximum atomic E-state index is 14.6. The van der Waals surface area contributed by atoms with Gasteiger partial charge in [-0.1, -0.05) is 12.1 Å². The van der Waals surface area contributed by atoms with Crippen LogP contribution in [-0.2, 0) is 22.1 Å². The Hall–Kier alpha value is -1.25. The summed E-state index contributed by atoms with van der Waals surface area (Å²) in [6, 6.07) is 2.69. The minimum atomic E-state index is -3.98. The summed E-state index contributed by atoms with van der Waals surface area (Å²) >= 11 is -1.50. The zero-order valence-electron chi connectivity index (χ0n) is 14.6. The van der Waals surface area contributed by atoms with Crippen molar-refractivity contribution in [3.63, 3.8) is 0 Å². The van der Waals surface area contributed by atoms with Gasteiger partial charge in [0, 0.05) is 31.0 Å². The van der Waals surface area contributed by atoms with Crippen molar-refractivity contribution in [1.29, 1.82) is 0 Å². The average Bonchev–Trinajstić information content (AvgIpc) is 2.44. The molecule has 0 spiro atoms. The van der Waals surface area contributed by atoms with Gasteiger partial charge in [0.1, 0.15) is 10.6 Å². The first-order valence-corrected chi connectivity index (χ1v) is 8.51. The predicted octanol–water partition coefficient (Wildman–Crippen LogP) is 3.12. The van der Waals surface area contributed by atoms with Crippen molar-refractivity contribution in [3.8, 4) is 0 Å². The Morgan fingerprint density at radius 3 is 2.29 bits per heavy atom. The van der Waals surface area contributed by atoms with Crippen LogP contribution in [0.25, 0.3) is 0 Å². The van der Waals surface area contributed by atoms with Gasteiger partial charge in [0.05, 0.1) is 11.6 Å². The molecular weight excluding hydrogens is 341 g/mol. The van der Waals surface area contributed by atoms with E-state index in [1.165, 1.54) is 33.2 Å². The summed E-state index contributed by atoms with van der Waals surface area (Å²) in [7, 11) is 2.35. The zero-order valence-corrected chi connectivity index (χ0v) is 15.4. The first-order chi connectivity index (χ1) is 10.8. The van der Waals surface area contributed by atoms with Crippen molar-refractivity contribution in [2.75, 3.05) is 14.1 Å². The van der Waals surface area contributed by atoms with Gasteiger partial charge in [0.2, 0.25) is 0 Å². The molecule has 8 heteroatoms. The van der Waals surface area contributed by atoms with E-state index in [-0.39, 0.29) is 5.56 Å². The normalized spacial score (nSPS) is 15.1. The minimum Gasteiger partial charge on any atom is -0.598 e. The lowest BCUT2D eigenvalue weighted by atomic mass is 10.00. The van der Waals surface area contributed by atoms with Crippen LogP contribution in [0.1, 0.15) is 44.9 Å². The molecule has 0 saturated heterocycles. The van der Waals surface area contributed by atoms with Crippen molar-refractivity contribution in [3.05, 3.63) is 35.1 Å². The number of rotatable bonds is 5. The lowest BCUT2D eigenvalue weighted by Gasteiger charge is -2.27. The van der Waals surface area contributed by atoms with Gasteiger partial charge in [0.25, 0.3) is 5.91 Å². The second-order valence-corrected chi connectivity index (χ2v) is 8.70. The van der Waals surface area contributed by atoms with E-state index >= 15 is 0 Å². The van der Waals surface area contributed by atoms with Crippen LogP contribution in [0.4, 0.5) is 13.2 Å². The van der Waals surface area contributed by atoms with Crippen LogP contribution in [0.15, 0.2) is 18.2 Å². The van der Waals surface area contributed by atoms with Crippen LogP contribution in [0.3, 0.4) is 0 Å². The second-order valence-electron chi connectivity index (χ2n) is 6.70. The van der Waals surface area contributed by atoms with Gasteiger partial charge in [-0.2, -0.15) is 8.78 Å². The molecule has 0 aliphatic heterocycles. The number of nitrogens with zero attached hydrogens (tertiary/aromatic N) is 1. The fourth-order valence-corrected chi connectivity index (χ4v) is 2.73. The van der Waals surface area contributed by atoms with E-state index in [1.807, 2.05) is 0 Å². The first kappa shape index (κ1) is 20.8. The topological polar surface area (TPSA) is 55.4 Å². The van der Waals surface area contributed by atoms with E-state index < -0.39 is 45.4 Å². The number of carbonyl (C=O) groups is 1. The number of hydrogen-bond donors (Lipinski definition) is 1. The lowest BCUT2D eigenvalue weighted by molar-refractivity contribution is -0.156. The molecule has 0 saturated carbocycles. The number of benzene rings is 1. The zero-order chi connectivity index (χ0) is 18.9. The number of amides is 1. The Labute approximate surface area is 143 Å². The molecule has 0 aliphatic rings. The summed E-state index contributed by atoms with van der Waals surface area (Å²) in [6.07, 6.45) is 0. The van der Waals surface area contributed by atoms with Gasteiger partial charge in [-0.25, -0.2) is 4.39 Å². The van der Waals surface area contributed by atoms with Crippen molar-refractivity contribution in [1.82, 2.24) is 9.62 Å². The van der Waals surface area contributed by atoms with Crippen LogP contribution in [0.2, 0.25) is 0 Å². The third kappa shape index (κ3) is 4.43. The first-order valence-electron chi connectivity index (χ1n) is 7.36. The van der Waals surface area contributed by atoms with Gasteiger partial charge >= 0.3 is 5.92 Å². The molecule has 0 fully saturated rings. The molecule has 1 aromatic carbocycles. The molecule has 0 radical (unpaired) electrons. The van der Waals surface area contributed by atoms with Crippen LogP contribution in [-0.4, -0.2) is 34.2 Å². The Balaban J connectivity index is 3.20. The van der Waals surface area contributed by atoms with Gasteiger partial charge in [-0.3, -0.25) is 4.79 Å². The standard InChI is InChI=1S/C16H23F3N2O2S/c1-10(20-24(23)15(2,3)4)11-8-7-9-12(13(11)17)16(18,19)14(22)21(5)6/h7-10,20H,1-6H3/t10?,24-/m1/s1. The third-order valence-electron chi connectivity index (χ3n) is 3.35. The Kier molecular flexibility index (Phi) is 6.35. The molecule has 1 unspecified atom stereocenters. The second kappa shape index (κ2) is 7.33. The molecule has 1 amide bonds. The largest absolute Gasteiger partial charge is 0.598 e. The summed E-state index contributed by atoms with van der Waals surface area (Å²) in [4.78, 5) is 12.4. The van der Waals surface area contributed by atoms with Crippen LogP contribution >= 0.6 is 0 Å². The molecule has 0 aliphatic carbocycles. The maximum absolute atomic E-state index is 14.6. The van der Waals surface area contributed by atoms with Crippen molar-refractivity contribution in [2.45, 2.75) is 44.4 Å². The minimum absolute atomic E-state index is 0.0728. The fourth-order valence-electron chi connectivity index (χ4n) is 1.92. The number of alkyl halides is 2. The Morgan fingerprint density at radius 2 is 1.83 bits per heavy atom. The maximum Gasteiger partial charge on any atom is 0.352 e. The van der Waals surface area contributed by atoms with Crippen molar-refractivity contribution in [2.24, 2.45) is 0 Å². The summed E-state index contributed by atoms with van der Waals surface area (Å²) in [5, 5.41) is 0. The number of carbonyl (C=O) groups excluding carboxylic acids is 1. The number of nitrogens with one attached hydrogen (secondary N) is 1. The molecule has 1 rings (SSSR count). The molecule has 4 nitrogen and oxygen atoms in total. The fraction of sp³-hybridized carbons (Fsp3) is 0.562. The Bertz CT molecular complexity index is 603. The molecule has 0 bridgehead atoms. The Morgan fingerprint density at radius 1 is 1.29 bits per heavy atom. The van der Waals surface area contributed by atoms with E-state index in [2.05, 4.69) is 4.72 Å².